The lowest BCUT2D eigenvalue weighted by Gasteiger charge is -2.37. The van der Waals surface area contributed by atoms with Crippen molar-refractivity contribution in [2.45, 2.75) is 52.0 Å². The predicted molar refractivity (Wildman–Crippen MR) is 81.8 cm³/mol. The predicted octanol–water partition coefficient (Wildman–Crippen LogP) is 1.43. The summed E-state index contributed by atoms with van der Waals surface area (Å²) >= 11 is 0. The first kappa shape index (κ1) is 16.2. The molecule has 1 unspecified atom stereocenters. The lowest BCUT2D eigenvalue weighted by molar-refractivity contribution is 0.216. The molecule has 0 bridgehead atoms. The molecular formula is C14H29N3O2S. The van der Waals surface area contributed by atoms with Crippen LogP contribution in [0.1, 0.15) is 46.0 Å². The van der Waals surface area contributed by atoms with Gasteiger partial charge in [-0.25, -0.2) is 0 Å². The van der Waals surface area contributed by atoms with Gasteiger partial charge in [0.1, 0.15) is 0 Å². The van der Waals surface area contributed by atoms with E-state index in [1.165, 1.54) is 0 Å². The molecule has 2 rings (SSSR count). The fraction of sp³-hybridized carbons (Fsp3) is 1.00. The zero-order chi connectivity index (χ0) is 14.6. The van der Waals surface area contributed by atoms with Crippen LogP contribution in [-0.4, -0.2) is 55.8 Å². The molecule has 0 aromatic heterocycles. The highest BCUT2D eigenvalue weighted by Crippen LogP contribution is 2.25. The van der Waals surface area contributed by atoms with Crippen molar-refractivity contribution in [1.29, 1.82) is 0 Å². The lowest BCUT2D eigenvalue weighted by Crippen LogP contribution is -2.50. The van der Waals surface area contributed by atoms with E-state index in [0.717, 1.165) is 38.6 Å². The normalized spacial score (nSPS) is 25.7. The molecular weight excluding hydrogens is 274 g/mol. The standard InChI is InChI=1S/C14H29N3O2S/c1-3-15-13(2)14-7-11-17(12-8-14)20(18,19)16-9-5-4-6-10-16/h13-15H,3-12H2,1-2H3. The average Bonchev–Trinajstić information content (AvgIpc) is 2.48. The molecule has 118 valence electrons. The lowest BCUT2D eigenvalue weighted by atomic mass is 9.91. The van der Waals surface area contributed by atoms with Gasteiger partial charge in [0.15, 0.2) is 0 Å². The van der Waals surface area contributed by atoms with E-state index in [1.54, 1.807) is 8.61 Å². The van der Waals surface area contributed by atoms with Gasteiger partial charge in [-0.3, -0.25) is 0 Å². The number of hydrogen-bond acceptors (Lipinski definition) is 3. The second kappa shape index (κ2) is 7.20. The molecule has 0 aliphatic carbocycles. The third-order valence-corrected chi connectivity index (χ3v) is 6.73. The van der Waals surface area contributed by atoms with Crippen LogP contribution in [0, 0.1) is 5.92 Å². The summed E-state index contributed by atoms with van der Waals surface area (Å²) in [5.41, 5.74) is 0. The van der Waals surface area contributed by atoms with E-state index in [-0.39, 0.29) is 0 Å². The van der Waals surface area contributed by atoms with Crippen molar-refractivity contribution in [3.05, 3.63) is 0 Å². The SMILES string of the molecule is CCNC(C)C1CCN(S(=O)(=O)N2CCCCC2)CC1. The summed E-state index contributed by atoms with van der Waals surface area (Å²) in [6.45, 7) is 8.08. The molecule has 0 amide bonds. The zero-order valence-corrected chi connectivity index (χ0v) is 13.7. The molecule has 2 heterocycles. The maximum absolute atomic E-state index is 12.6. The van der Waals surface area contributed by atoms with Gasteiger partial charge in [0.2, 0.25) is 0 Å². The van der Waals surface area contributed by atoms with Crippen LogP contribution in [0.4, 0.5) is 0 Å². The molecule has 2 saturated heterocycles. The highest BCUT2D eigenvalue weighted by Gasteiger charge is 2.34. The molecule has 2 aliphatic heterocycles. The smallest absolute Gasteiger partial charge is 0.281 e. The number of nitrogens with zero attached hydrogens (tertiary/aromatic N) is 2. The van der Waals surface area contributed by atoms with Crippen LogP contribution in [0.25, 0.3) is 0 Å². The molecule has 5 nitrogen and oxygen atoms in total. The van der Waals surface area contributed by atoms with Gasteiger partial charge >= 0.3 is 0 Å². The van der Waals surface area contributed by atoms with Gasteiger partial charge in [-0.05, 0) is 45.1 Å². The fourth-order valence-electron chi connectivity index (χ4n) is 3.35. The Morgan fingerprint density at radius 2 is 1.60 bits per heavy atom. The molecule has 0 spiro atoms. The van der Waals surface area contributed by atoms with Gasteiger partial charge < -0.3 is 5.32 Å². The van der Waals surface area contributed by atoms with Gasteiger partial charge in [-0.1, -0.05) is 13.3 Å². The van der Waals surface area contributed by atoms with Crippen LogP contribution in [-0.2, 0) is 10.2 Å². The maximum Gasteiger partial charge on any atom is 0.281 e. The third kappa shape index (κ3) is 3.72. The molecule has 1 N–H and O–H groups in total. The Morgan fingerprint density at radius 3 is 2.15 bits per heavy atom. The van der Waals surface area contributed by atoms with Crippen molar-refractivity contribution in [2.24, 2.45) is 5.92 Å². The number of rotatable bonds is 5. The first-order valence-corrected chi connectivity index (χ1v) is 9.44. The van der Waals surface area contributed by atoms with Crippen molar-refractivity contribution in [2.75, 3.05) is 32.7 Å². The van der Waals surface area contributed by atoms with Crippen molar-refractivity contribution in [3.8, 4) is 0 Å². The summed E-state index contributed by atoms with van der Waals surface area (Å²) in [6.07, 6.45) is 5.12. The highest BCUT2D eigenvalue weighted by molar-refractivity contribution is 7.86. The van der Waals surface area contributed by atoms with Crippen LogP contribution in [0.3, 0.4) is 0 Å². The highest BCUT2D eigenvalue weighted by atomic mass is 32.2. The minimum atomic E-state index is -3.20. The topological polar surface area (TPSA) is 52.7 Å². The van der Waals surface area contributed by atoms with Crippen molar-refractivity contribution >= 4 is 10.2 Å². The van der Waals surface area contributed by atoms with Crippen LogP contribution < -0.4 is 5.32 Å². The summed E-state index contributed by atoms with van der Waals surface area (Å²) in [6, 6.07) is 0.486. The van der Waals surface area contributed by atoms with Crippen molar-refractivity contribution in [3.63, 3.8) is 0 Å². The minimum Gasteiger partial charge on any atom is -0.314 e. The van der Waals surface area contributed by atoms with Gasteiger partial charge in [0.25, 0.3) is 10.2 Å². The van der Waals surface area contributed by atoms with Gasteiger partial charge in [-0.15, -0.1) is 0 Å². The second-order valence-electron chi connectivity index (χ2n) is 6.05. The van der Waals surface area contributed by atoms with Gasteiger partial charge in [0, 0.05) is 32.2 Å². The zero-order valence-electron chi connectivity index (χ0n) is 12.8. The average molecular weight is 303 g/mol. The quantitative estimate of drug-likeness (QED) is 0.836. The number of nitrogens with one attached hydrogen (secondary N) is 1. The molecule has 20 heavy (non-hydrogen) atoms. The van der Waals surface area contributed by atoms with Crippen LogP contribution >= 0.6 is 0 Å². The Hall–Kier alpha value is -0.170. The van der Waals surface area contributed by atoms with Crippen LogP contribution in [0.2, 0.25) is 0 Å². The Bertz CT molecular complexity index is 385. The number of hydrogen-bond donors (Lipinski definition) is 1. The molecule has 0 saturated carbocycles. The van der Waals surface area contributed by atoms with Gasteiger partial charge in [-0.2, -0.15) is 17.0 Å². The van der Waals surface area contributed by atoms with E-state index in [0.29, 0.717) is 38.1 Å². The number of piperidine rings is 2. The Balaban J connectivity index is 1.89. The monoisotopic (exact) mass is 303 g/mol. The molecule has 2 fully saturated rings. The molecule has 0 radical (unpaired) electrons. The van der Waals surface area contributed by atoms with E-state index in [1.807, 2.05) is 0 Å². The first-order valence-electron chi connectivity index (χ1n) is 8.04. The van der Waals surface area contributed by atoms with E-state index >= 15 is 0 Å². The van der Waals surface area contributed by atoms with Crippen molar-refractivity contribution in [1.82, 2.24) is 13.9 Å². The van der Waals surface area contributed by atoms with E-state index in [9.17, 15) is 8.42 Å². The van der Waals surface area contributed by atoms with E-state index < -0.39 is 10.2 Å². The summed E-state index contributed by atoms with van der Waals surface area (Å²) in [5, 5.41) is 3.45. The molecule has 1 atom stereocenters. The van der Waals surface area contributed by atoms with E-state index in [4.69, 9.17) is 0 Å². The summed E-state index contributed by atoms with van der Waals surface area (Å²) in [4.78, 5) is 0. The van der Waals surface area contributed by atoms with E-state index in [2.05, 4.69) is 19.2 Å². The third-order valence-electron chi connectivity index (χ3n) is 4.70. The molecule has 0 aromatic carbocycles. The first-order chi connectivity index (χ1) is 9.55. The fourth-order valence-corrected chi connectivity index (χ4v) is 5.07. The maximum atomic E-state index is 12.6. The molecule has 6 heteroatoms. The van der Waals surface area contributed by atoms with Crippen LogP contribution in [0.15, 0.2) is 0 Å². The second-order valence-corrected chi connectivity index (χ2v) is 7.98. The van der Waals surface area contributed by atoms with Gasteiger partial charge in [0.05, 0.1) is 0 Å². The Labute approximate surface area is 123 Å². The molecule has 2 aliphatic rings. The van der Waals surface area contributed by atoms with Crippen LogP contribution in [0.5, 0.6) is 0 Å². The summed E-state index contributed by atoms with van der Waals surface area (Å²) in [5.74, 6) is 0.600. The van der Waals surface area contributed by atoms with Crippen molar-refractivity contribution < 1.29 is 8.42 Å². The minimum absolute atomic E-state index is 0.486. The Kier molecular flexibility index (Phi) is 5.84. The summed E-state index contributed by atoms with van der Waals surface area (Å²) in [7, 11) is -3.20. The molecule has 0 aromatic rings. The largest absolute Gasteiger partial charge is 0.314 e. The summed E-state index contributed by atoms with van der Waals surface area (Å²) < 4.78 is 28.5. The Morgan fingerprint density at radius 1 is 1.05 bits per heavy atom.